The second-order valence-electron chi connectivity index (χ2n) is 5.99. The first-order valence-electron chi connectivity index (χ1n) is 7.58. The van der Waals surface area contributed by atoms with Crippen LogP contribution in [-0.4, -0.2) is 49.4 Å². The van der Waals surface area contributed by atoms with Gasteiger partial charge in [-0.1, -0.05) is 11.6 Å². The molecule has 2 heterocycles. The zero-order valence-electron chi connectivity index (χ0n) is 12.7. The Hall–Kier alpha value is -2.21. The van der Waals surface area contributed by atoms with Crippen LogP contribution in [0.25, 0.3) is 0 Å². The Balaban J connectivity index is 1.80. The molecule has 2 fully saturated rings. The molecule has 6 heteroatoms. The molecule has 3 N–H and O–H groups in total. The van der Waals surface area contributed by atoms with Gasteiger partial charge in [-0.15, -0.1) is 0 Å². The molecule has 2 aliphatic rings. The van der Waals surface area contributed by atoms with Crippen molar-refractivity contribution in [1.82, 2.24) is 10.2 Å². The number of benzene rings is 1. The van der Waals surface area contributed by atoms with Gasteiger partial charge in [0.25, 0.3) is 5.91 Å². The highest BCUT2D eigenvalue weighted by molar-refractivity contribution is 6.14. The van der Waals surface area contributed by atoms with Gasteiger partial charge in [0.15, 0.2) is 0 Å². The molecule has 1 aromatic carbocycles. The third kappa shape index (κ3) is 2.87. The third-order valence-electron chi connectivity index (χ3n) is 4.42. The molecule has 3 rings (SSSR count). The molecule has 0 aromatic heterocycles. The topological polar surface area (TPSA) is 80.6 Å². The number of nitrogens with one attached hydrogen (secondary N) is 3. The quantitative estimate of drug-likeness (QED) is 0.579. The van der Waals surface area contributed by atoms with Gasteiger partial charge >= 0.3 is 0 Å². The molecule has 2 unspecified atom stereocenters. The molecule has 22 heavy (non-hydrogen) atoms. The Morgan fingerprint density at radius 3 is 2.82 bits per heavy atom. The monoisotopic (exact) mass is 299 g/mol. The molecule has 0 spiro atoms. The van der Waals surface area contributed by atoms with E-state index in [4.69, 9.17) is 5.41 Å². The molecule has 2 atom stereocenters. The first-order chi connectivity index (χ1) is 10.7. The fraction of sp³-hybridized carbons (Fsp3) is 0.438. The molecule has 0 saturated carbocycles. The number of anilines is 1. The lowest BCUT2D eigenvalue weighted by Gasteiger charge is -2.19. The van der Waals surface area contributed by atoms with E-state index in [0.29, 0.717) is 23.1 Å². The van der Waals surface area contributed by atoms with E-state index in [0.717, 1.165) is 38.0 Å². The number of hydrazone groups is 1. The van der Waals surface area contributed by atoms with E-state index in [1.54, 1.807) is 0 Å². The number of hydrogen-bond donors (Lipinski definition) is 3. The van der Waals surface area contributed by atoms with Crippen LogP contribution in [-0.2, 0) is 0 Å². The van der Waals surface area contributed by atoms with Crippen LogP contribution in [0.5, 0.6) is 0 Å². The molecule has 0 radical (unpaired) electrons. The number of carbonyl (C=O) groups is 1. The van der Waals surface area contributed by atoms with Gasteiger partial charge in [0, 0.05) is 32.4 Å². The second kappa shape index (κ2) is 6.27. The second-order valence-corrected chi connectivity index (χ2v) is 5.99. The number of fused-ring (bicyclic) bond motifs is 1. The molecular formula is C16H21N5O. The van der Waals surface area contributed by atoms with Crippen molar-refractivity contribution >= 4 is 24.0 Å². The molecule has 0 aliphatic carbocycles. The van der Waals surface area contributed by atoms with Gasteiger partial charge in [-0.2, -0.15) is 5.10 Å². The van der Waals surface area contributed by atoms with E-state index >= 15 is 0 Å². The summed E-state index contributed by atoms with van der Waals surface area (Å²) in [6.07, 6.45) is 2.44. The summed E-state index contributed by atoms with van der Waals surface area (Å²) in [5.41, 5.74) is 5.23. The summed E-state index contributed by atoms with van der Waals surface area (Å²) in [6, 6.07) is 5.71. The van der Waals surface area contributed by atoms with Crippen LogP contribution in [0.1, 0.15) is 15.9 Å². The van der Waals surface area contributed by atoms with E-state index in [2.05, 4.69) is 15.8 Å². The maximum atomic E-state index is 12.9. The van der Waals surface area contributed by atoms with Gasteiger partial charge in [0.1, 0.15) is 0 Å². The average Bonchev–Trinajstić information content (AvgIpc) is 3.09. The third-order valence-corrected chi connectivity index (χ3v) is 4.42. The van der Waals surface area contributed by atoms with Crippen molar-refractivity contribution in [2.45, 2.75) is 6.92 Å². The highest BCUT2D eigenvalue weighted by Crippen LogP contribution is 2.29. The normalized spacial score (nSPS) is 23.8. The van der Waals surface area contributed by atoms with Crippen LogP contribution in [0.15, 0.2) is 23.3 Å². The average molecular weight is 299 g/mol. The van der Waals surface area contributed by atoms with Crippen molar-refractivity contribution in [3.05, 3.63) is 29.3 Å². The van der Waals surface area contributed by atoms with E-state index in [-0.39, 0.29) is 5.91 Å². The van der Waals surface area contributed by atoms with Crippen LogP contribution in [0, 0.1) is 24.2 Å². The smallest absolute Gasteiger partial charge is 0.256 e. The summed E-state index contributed by atoms with van der Waals surface area (Å²) in [5.74, 6) is 1.23. The summed E-state index contributed by atoms with van der Waals surface area (Å²) >= 11 is 0. The number of likely N-dealkylation sites (tertiary alicyclic amines) is 1. The van der Waals surface area contributed by atoms with Crippen molar-refractivity contribution in [3.8, 4) is 0 Å². The number of aryl methyl sites for hydroxylation is 1. The molecule has 1 amide bonds. The van der Waals surface area contributed by atoms with Gasteiger partial charge < -0.3 is 15.6 Å². The van der Waals surface area contributed by atoms with E-state index in [1.807, 2.05) is 30.0 Å². The van der Waals surface area contributed by atoms with Crippen molar-refractivity contribution in [2.24, 2.45) is 16.9 Å². The minimum atomic E-state index is 0.0608. The predicted molar refractivity (Wildman–Crippen MR) is 87.8 cm³/mol. The first kappa shape index (κ1) is 14.7. The molecule has 6 nitrogen and oxygen atoms in total. The zero-order chi connectivity index (χ0) is 15.5. The van der Waals surface area contributed by atoms with Crippen LogP contribution in [0.4, 0.5) is 5.69 Å². The van der Waals surface area contributed by atoms with Crippen LogP contribution in [0.2, 0.25) is 0 Å². The van der Waals surface area contributed by atoms with Crippen molar-refractivity contribution in [2.75, 3.05) is 31.6 Å². The molecule has 1 aromatic rings. The van der Waals surface area contributed by atoms with Gasteiger partial charge in [-0.05, 0) is 30.9 Å². The Bertz CT molecular complexity index is 601. The van der Waals surface area contributed by atoms with E-state index in [1.165, 1.54) is 6.21 Å². The summed E-state index contributed by atoms with van der Waals surface area (Å²) < 4.78 is 0. The Morgan fingerprint density at radius 1 is 1.41 bits per heavy atom. The van der Waals surface area contributed by atoms with E-state index in [9.17, 15) is 4.79 Å². The summed E-state index contributed by atoms with van der Waals surface area (Å²) in [5, 5.41) is 14.3. The fourth-order valence-corrected chi connectivity index (χ4v) is 3.27. The highest BCUT2D eigenvalue weighted by atomic mass is 16.2. The molecule has 116 valence electrons. The molecule has 0 bridgehead atoms. The maximum absolute atomic E-state index is 12.9. The van der Waals surface area contributed by atoms with Crippen molar-refractivity contribution in [3.63, 3.8) is 0 Å². The summed E-state index contributed by atoms with van der Waals surface area (Å²) in [7, 11) is 0. The number of amides is 1. The van der Waals surface area contributed by atoms with Gasteiger partial charge in [-0.25, -0.2) is 0 Å². The SMILES string of the molecule is Cc1ccc(N/N=C\C=N)c(C(=O)N2CC3CNCC3C2)c1. The predicted octanol–water partition coefficient (Wildman–Crippen LogP) is 1.33. The minimum absolute atomic E-state index is 0.0608. The Morgan fingerprint density at radius 2 is 2.14 bits per heavy atom. The van der Waals surface area contributed by atoms with Crippen LogP contribution >= 0.6 is 0 Å². The Kier molecular flexibility index (Phi) is 4.20. The van der Waals surface area contributed by atoms with Gasteiger partial charge in [-0.3, -0.25) is 10.2 Å². The van der Waals surface area contributed by atoms with Crippen LogP contribution in [0.3, 0.4) is 0 Å². The first-order valence-corrected chi connectivity index (χ1v) is 7.58. The Labute approximate surface area is 130 Å². The number of carbonyl (C=O) groups excluding carboxylic acids is 1. The summed E-state index contributed by atoms with van der Waals surface area (Å²) in [4.78, 5) is 14.8. The van der Waals surface area contributed by atoms with Gasteiger partial charge in [0.05, 0.1) is 17.5 Å². The lowest BCUT2D eigenvalue weighted by molar-refractivity contribution is 0.0782. The lowest BCUT2D eigenvalue weighted by Crippen LogP contribution is -2.32. The van der Waals surface area contributed by atoms with Crippen molar-refractivity contribution < 1.29 is 4.79 Å². The minimum Gasteiger partial charge on any atom is -0.338 e. The summed E-state index contributed by atoms with van der Waals surface area (Å²) in [6.45, 7) is 5.65. The van der Waals surface area contributed by atoms with Crippen molar-refractivity contribution in [1.29, 1.82) is 5.41 Å². The van der Waals surface area contributed by atoms with Gasteiger partial charge in [0.2, 0.25) is 0 Å². The molecular weight excluding hydrogens is 278 g/mol. The highest BCUT2D eigenvalue weighted by Gasteiger charge is 2.38. The maximum Gasteiger partial charge on any atom is 0.256 e. The largest absolute Gasteiger partial charge is 0.338 e. The van der Waals surface area contributed by atoms with Crippen LogP contribution < -0.4 is 10.7 Å². The van der Waals surface area contributed by atoms with E-state index < -0.39 is 0 Å². The zero-order valence-corrected chi connectivity index (χ0v) is 12.7. The number of nitrogens with zero attached hydrogens (tertiary/aromatic N) is 2. The fourth-order valence-electron chi connectivity index (χ4n) is 3.27. The molecule has 2 saturated heterocycles. The standard InChI is InChI=1S/C16H21N5O/c1-11-2-3-15(20-19-5-4-17)14(6-11)16(22)21-9-12-7-18-8-13(12)10-21/h2-6,12-13,17-18,20H,7-10H2,1H3/b17-4?,19-5-. The lowest BCUT2D eigenvalue weighted by atomic mass is 10.0. The molecule has 2 aliphatic heterocycles. The number of rotatable bonds is 4. The number of hydrogen-bond acceptors (Lipinski definition) is 5.